The SMILES string of the molecule is CCN(C(=O)CCCNC)C(C)c1ccc(-c2cccc(OC)c2)cc1.Cl. The third kappa shape index (κ3) is 6.26. The largest absolute Gasteiger partial charge is 0.497 e. The molecule has 0 spiro atoms. The van der Waals surface area contributed by atoms with Crippen LogP contribution in [0.1, 0.15) is 38.3 Å². The smallest absolute Gasteiger partial charge is 0.223 e. The van der Waals surface area contributed by atoms with Crippen LogP contribution in [0.15, 0.2) is 48.5 Å². The lowest BCUT2D eigenvalue weighted by molar-refractivity contribution is -0.133. The highest BCUT2D eigenvalue weighted by atomic mass is 35.5. The third-order valence-corrected chi connectivity index (χ3v) is 4.74. The molecule has 1 atom stereocenters. The average Bonchev–Trinajstić information content (AvgIpc) is 2.69. The van der Waals surface area contributed by atoms with Gasteiger partial charge in [-0.2, -0.15) is 0 Å². The van der Waals surface area contributed by atoms with Crippen LogP contribution in [0, 0.1) is 0 Å². The Morgan fingerprint density at radius 2 is 1.85 bits per heavy atom. The van der Waals surface area contributed by atoms with Crippen molar-refractivity contribution < 1.29 is 9.53 Å². The number of carbonyl (C=O) groups is 1. The van der Waals surface area contributed by atoms with Crippen molar-refractivity contribution in [1.82, 2.24) is 10.2 Å². The Morgan fingerprint density at radius 3 is 2.44 bits per heavy atom. The van der Waals surface area contributed by atoms with E-state index in [0.29, 0.717) is 6.42 Å². The summed E-state index contributed by atoms with van der Waals surface area (Å²) in [5, 5.41) is 3.09. The Hall–Kier alpha value is -2.04. The van der Waals surface area contributed by atoms with Crippen LogP contribution < -0.4 is 10.1 Å². The molecule has 27 heavy (non-hydrogen) atoms. The molecule has 0 bridgehead atoms. The number of amides is 1. The summed E-state index contributed by atoms with van der Waals surface area (Å²) >= 11 is 0. The second-order valence-electron chi connectivity index (χ2n) is 6.42. The summed E-state index contributed by atoms with van der Waals surface area (Å²) in [6, 6.07) is 16.6. The second-order valence-corrected chi connectivity index (χ2v) is 6.42. The molecule has 0 radical (unpaired) electrons. The first-order valence-electron chi connectivity index (χ1n) is 9.29. The maximum Gasteiger partial charge on any atom is 0.223 e. The van der Waals surface area contributed by atoms with E-state index in [1.165, 1.54) is 0 Å². The molecule has 1 N–H and O–H groups in total. The number of benzene rings is 2. The first-order chi connectivity index (χ1) is 12.6. The van der Waals surface area contributed by atoms with Gasteiger partial charge in [-0.3, -0.25) is 4.79 Å². The zero-order valence-corrected chi connectivity index (χ0v) is 17.5. The van der Waals surface area contributed by atoms with E-state index in [4.69, 9.17) is 4.74 Å². The first-order valence-corrected chi connectivity index (χ1v) is 9.29. The molecule has 4 nitrogen and oxygen atoms in total. The molecule has 0 heterocycles. The lowest BCUT2D eigenvalue weighted by Crippen LogP contribution is -2.33. The number of nitrogens with zero attached hydrogens (tertiary/aromatic N) is 1. The zero-order chi connectivity index (χ0) is 18.9. The Morgan fingerprint density at radius 1 is 1.15 bits per heavy atom. The van der Waals surface area contributed by atoms with Crippen LogP contribution in [0.3, 0.4) is 0 Å². The lowest BCUT2D eigenvalue weighted by atomic mass is 10.00. The van der Waals surface area contributed by atoms with Gasteiger partial charge in [0.25, 0.3) is 0 Å². The van der Waals surface area contributed by atoms with Gasteiger partial charge < -0.3 is 15.0 Å². The van der Waals surface area contributed by atoms with E-state index >= 15 is 0 Å². The van der Waals surface area contributed by atoms with E-state index in [-0.39, 0.29) is 24.4 Å². The summed E-state index contributed by atoms with van der Waals surface area (Å²) in [4.78, 5) is 14.5. The quantitative estimate of drug-likeness (QED) is 0.631. The summed E-state index contributed by atoms with van der Waals surface area (Å²) in [7, 11) is 3.59. The van der Waals surface area contributed by atoms with Crippen molar-refractivity contribution in [3.05, 3.63) is 54.1 Å². The van der Waals surface area contributed by atoms with Crippen molar-refractivity contribution in [1.29, 1.82) is 0 Å². The van der Waals surface area contributed by atoms with E-state index in [2.05, 4.69) is 42.6 Å². The Kier molecular flexibility index (Phi) is 9.90. The first kappa shape index (κ1) is 23.0. The predicted molar refractivity (Wildman–Crippen MR) is 115 cm³/mol. The second kappa shape index (κ2) is 11.6. The summed E-state index contributed by atoms with van der Waals surface area (Å²) < 4.78 is 5.30. The molecule has 0 saturated carbocycles. The molecule has 1 amide bonds. The monoisotopic (exact) mass is 390 g/mol. The minimum atomic E-state index is 0. The summed E-state index contributed by atoms with van der Waals surface area (Å²) in [6.07, 6.45) is 1.45. The Labute approximate surface area is 169 Å². The maximum atomic E-state index is 12.5. The molecule has 0 aliphatic carbocycles. The van der Waals surface area contributed by atoms with Gasteiger partial charge in [0.15, 0.2) is 0 Å². The van der Waals surface area contributed by atoms with Crippen molar-refractivity contribution in [3.8, 4) is 16.9 Å². The molecule has 0 aliphatic rings. The zero-order valence-electron chi connectivity index (χ0n) is 16.7. The highest BCUT2D eigenvalue weighted by Crippen LogP contribution is 2.27. The van der Waals surface area contributed by atoms with Crippen molar-refractivity contribution in [2.24, 2.45) is 0 Å². The molecule has 2 aromatic rings. The molecule has 0 aromatic heterocycles. The van der Waals surface area contributed by atoms with E-state index in [9.17, 15) is 4.79 Å². The normalized spacial score (nSPS) is 11.4. The van der Waals surface area contributed by atoms with Gasteiger partial charge in [0.05, 0.1) is 13.2 Å². The fourth-order valence-corrected chi connectivity index (χ4v) is 3.16. The highest BCUT2D eigenvalue weighted by Gasteiger charge is 2.19. The van der Waals surface area contributed by atoms with Gasteiger partial charge in [-0.25, -0.2) is 0 Å². The molecule has 0 fully saturated rings. The number of halogens is 1. The molecule has 5 heteroatoms. The Bertz CT molecular complexity index is 704. The number of hydrogen-bond acceptors (Lipinski definition) is 3. The molecule has 148 valence electrons. The molecule has 2 rings (SSSR count). The topological polar surface area (TPSA) is 41.6 Å². The standard InChI is InChI=1S/C22H30N2O2.ClH/c1-5-24(22(25)10-7-15-23-3)17(2)18-11-13-19(14-12-18)20-8-6-9-21(16-20)26-4;/h6,8-9,11-14,16-17,23H,5,7,10,15H2,1-4H3;1H. The van der Waals surface area contributed by atoms with Gasteiger partial charge in [0.2, 0.25) is 5.91 Å². The van der Waals surface area contributed by atoms with E-state index in [0.717, 1.165) is 42.0 Å². The van der Waals surface area contributed by atoms with Crippen LogP contribution >= 0.6 is 12.4 Å². The fourth-order valence-electron chi connectivity index (χ4n) is 3.16. The lowest BCUT2D eigenvalue weighted by Gasteiger charge is -2.28. The van der Waals surface area contributed by atoms with E-state index in [1.54, 1.807) is 7.11 Å². The van der Waals surface area contributed by atoms with Gasteiger partial charge in [0, 0.05) is 13.0 Å². The maximum absolute atomic E-state index is 12.5. The fraction of sp³-hybridized carbons (Fsp3) is 0.409. The van der Waals surface area contributed by atoms with Gasteiger partial charge in [-0.15, -0.1) is 12.4 Å². The molecule has 0 saturated heterocycles. The number of rotatable bonds is 9. The van der Waals surface area contributed by atoms with Crippen LogP contribution in [0.4, 0.5) is 0 Å². The molecule has 2 aromatic carbocycles. The van der Waals surface area contributed by atoms with Crippen LogP contribution in [-0.2, 0) is 4.79 Å². The van der Waals surface area contributed by atoms with Crippen molar-refractivity contribution >= 4 is 18.3 Å². The third-order valence-electron chi connectivity index (χ3n) is 4.74. The van der Waals surface area contributed by atoms with Gasteiger partial charge in [-0.1, -0.05) is 36.4 Å². The molecular formula is C22H31ClN2O2. The predicted octanol–water partition coefficient (Wildman–Crippen LogP) is 4.69. The van der Waals surface area contributed by atoms with Crippen LogP contribution in [0.25, 0.3) is 11.1 Å². The molecule has 0 aliphatic heterocycles. The molecule has 1 unspecified atom stereocenters. The van der Waals surface area contributed by atoms with Crippen molar-refractivity contribution in [2.75, 3.05) is 27.2 Å². The van der Waals surface area contributed by atoms with Crippen molar-refractivity contribution in [3.63, 3.8) is 0 Å². The minimum absolute atomic E-state index is 0. The highest BCUT2D eigenvalue weighted by molar-refractivity contribution is 5.85. The number of ether oxygens (including phenoxy) is 1. The number of methoxy groups -OCH3 is 1. The van der Waals surface area contributed by atoms with Gasteiger partial charge >= 0.3 is 0 Å². The van der Waals surface area contributed by atoms with Crippen molar-refractivity contribution in [2.45, 2.75) is 32.7 Å². The summed E-state index contributed by atoms with van der Waals surface area (Å²) in [5.41, 5.74) is 3.42. The van der Waals surface area contributed by atoms with Gasteiger partial charge in [-0.05, 0) is 62.7 Å². The summed E-state index contributed by atoms with van der Waals surface area (Å²) in [6.45, 7) is 5.72. The van der Waals surface area contributed by atoms with Gasteiger partial charge in [0.1, 0.15) is 5.75 Å². The molecular weight excluding hydrogens is 360 g/mol. The van der Waals surface area contributed by atoms with Crippen LogP contribution in [0.5, 0.6) is 5.75 Å². The van der Waals surface area contributed by atoms with E-state index in [1.807, 2.05) is 37.1 Å². The van der Waals surface area contributed by atoms with E-state index < -0.39 is 0 Å². The number of nitrogens with one attached hydrogen (secondary N) is 1. The number of carbonyl (C=O) groups excluding carboxylic acids is 1. The average molecular weight is 391 g/mol. The minimum Gasteiger partial charge on any atom is -0.497 e. The van der Waals surface area contributed by atoms with Crippen LogP contribution in [-0.4, -0.2) is 38.1 Å². The van der Waals surface area contributed by atoms with Crippen LogP contribution in [0.2, 0.25) is 0 Å². The number of hydrogen-bond donors (Lipinski definition) is 1. The summed E-state index contributed by atoms with van der Waals surface area (Å²) in [5.74, 6) is 1.07. The Balaban J connectivity index is 0.00000364.